The summed E-state index contributed by atoms with van der Waals surface area (Å²) in [4.78, 5) is 9.08. The molecule has 0 bridgehead atoms. The van der Waals surface area contributed by atoms with Crippen LogP contribution in [0.5, 0.6) is 0 Å². The Hall–Kier alpha value is -3.99. The van der Waals surface area contributed by atoms with Crippen LogP contribution in [0.25, 0.3) is 33.4 Å². The van der Waals surface area contributed by atoms with Crippen molar-refractivity contribution in [2.45, 2.75) is 13.0 Å². The van der Waals surface area contributed by atoms with E-state index in [4.69, 9.17) is 5.10 Å². The van der Waals surface area contributed by atoms with Crippen molar-refractivity contribution < 1.29 is 0 Å². The number of fused-ring (bicyclic) bond motifs is 1. The Balaban J connectivity index is 1.45. The van der Waals surface area contributed by atoms with Gasteiger partial charge in [-0.1, -0.05) is 42.5 Å². The number of anilines is 1. The van der Waals surface area contributed by atoms with Crippen LogP contribution in [0.2, 0.25) is 0 Å². The third-order valence-electron chi connectivity index (χ3n) is 5.28. The molecule has 5 heteroatoms. The lowest BCUT2D eigenvalue weighted by atomic mass is 10.0. The highest BCUT2D eigenvalue weighted by atomic mass is 15.3. The van der Waals surface area contributed by atoms with Crippen molar-refractivity contribution >= 4 is 16.6 Å². The largest absolute Gasteiger partial charge is 0.385 e. The number of rotatable bonds is 7. The maximum atomic E-state index is 4.91. The highest BCUT2D eigenvalue weighted by molar-refractivity contribution is 5.97. The third kappa shape index (κ3) is 4.16. The van der Waals surface area contributed by atoms with E-state index in [9.17, 15) is 0 Å². The molecule has 5 aromatic rings. The van der Waals surface area contributed by atoms with Gasteiger partial charge in [-0.25, -0.2) is 0 Å². The number of hydrogen-bond donors (Lipinski definition) is 1. The molecule has 0 aliphatic rings. The molecule has 31 heavy (non-hydrogen) atoms. The maximum absolute atomic E-state index is 4.91. The van der Waals surface area contributed by atoms with Gasteiger partial charge in [0.15, 0.2) is 0 Å². The van der Waals surface area contributed by atoms with Crippen molar-refractivity contribution in [3.8, 4) is 22.5 Å². The molecule has 0 radical (unpaired) electrons. The van der Waals surface area contributed by atoms with E-state index in [0.717, 1.165) is 58.6 Å². The number of para-hydroxylation sites is 2. The summed E-state index contributed by atoms with van der Waals surface area (Å²) in [5.41, 5.74) is 6.09. The van der Waals surface area contributed by atoms with Crippen LogP contribution >= 0.6 is 0 Å². The quantitative estimate of drug-likeness (QED) is 0.355. The highest BCUT2D eigenvalue weighted by Gasteiger charge is 2.16. The molecule has 0 amide bonds. The molecule has 5 rings (SSSR count). The molecule has 0 saturated heterocycles. The number of pyridine rings is 2. The zero-order valence-corrected chi connectivity index (χ0v) is 17.1. The lowest BCUT2D eigenvalue weighted by molar-refractivity contribution is 0.593. The minimum atomic E-state index is 0.822. The summed E-state index contributed by atoms with van der Waals surface area (Å²) < 4.78 is 2.03. The number of hydrogen-bond acceptors (Lipinski definition) is 4. The van der Waals surface area contributed by atoms with E-state index < -0.39 is 0 Å². The second-order valence-electron chi connectivity index (χ2n) is 7.39. The zero-order chi connectivity index (χ0) is 20.9. The fourth-order valence-corrected chi connectivity index (χ4v) is 3.79. The van der Waals surface area contributed by atoms with Crippen molar-refractivity contribution in [1.29, 1.82) is 0 Å². The van der Waals surface area contributed by atoms with Crippen molar-refractivity contribution in [3.63, 3.8) is 0 Å². The van der Waals surface area contributed by atoms with Crippen molar-refractivity contribution in [2.24, 2.45) is 0 Å². The van der Waals surface area contributed by atoms with Gasteiger partial charge in [-0.3, -0.25) is 14.6 Å². The summed E-state index contributed by atoms with van der Waals surface area (Å²) in [6.07, 6.45) is 6.77. The average Bonchev–Trinajstić information content (AvgIpc) is 3.27. The Morgan fingerprint density at radius 3 is 2.45 bits per heavy atom. The molecule has 0 spiro atoms. The first kappa shape index (κ1) is 19.0. The van der Waals surface area contributed by atoms with E-state index in [1.165, 1.54) is 0 Å². The molecule has 3 heterocycles. The Morgan fingerprint density at radius 1 is 0.742 bits per heavy atom. The van der Waals surface area contributed by atoms with Gasteiger partial charge in [-0.15, -0.1) is 0 Å². The Bertz CT molecular complexity index is 1270. The van der Waals surface area contributed by atoms with E-state index in [0.29, 0.717) is 0 Å². The zero-order valence-electron chi connectivity index (χ0n) is 17.1. The van der Waals surface area contributed by atoms with Crippen LogP contribution < -0.4 is 5.32 Å². The number of aryl methyl sites for hydroxylation is 1. The molecular weight excluding hydrogens is 382 g/mol. The minimum absolute atomic E-state index is 0.822. The van der Waals surface area contributed by atoms with Gasteiger partial charge < -0.3 is 5.32 Å². The summed E-state index contributed by atoms with van der Waals surface area (Å²) in [7, 11) is 0. The van der Waals surface area contributed by atoms with Gasteiger partial charge in [0.2, 0.25) is 0 Å². The molecule has 0 atom stereocenters. The van der Waals surface area contributed by atoms with Crippen LogP contribution in [0.4, 0.5) is 5.69 Å². The van der Waals surface area contributed by atoms with Crippen LogP contribution in [0, 0.1) is 0 Å². The number of aromatic nitrogens is 4. The van der Waals surface area contributed by atoms with Gasteiger partial charge in [-0.2, -0.15) is 5.10 Å². The van der Waals surface area contributed by atoms with Gasteiger partial charge in [0, 0.05) is 48.3 Å². The molecule has 5 nitrogen and oxygen atoms in total. The summed E-state index contributed by atoms with van der Waals surface area (Å²) in [5, 5.41) is 9.49. The van der Waals surface area contributed by atoms with Crippen LogP contribution in [-0.4, -0.2) is 26.3 Å². The first-order valence-electron chi connectivity index (χ1n) is 10.5. The van der Waals surface area contributed by atoms with Crippen LogP contribution in [0.1, 0.15) is 6.42 Å². The average molecular weight is 406 g/mol. The minimum Gasteiger partial charge on any atom is -0.385 e. The van der Waals surface area contributed by atoms with E-state index in [1.807, 2.05) is 71.7 Å². The van der Waals surface area contributed by atoms with Crippen molar-refractivity contribution in [2.75, 3.05) is 11.9 Å². The molecule has 0 aliphatic carbocycles. The topological polar surface area (TPSA) is 55.6 Å². The van der Waals surface area contributed by atoms with Crippen LogP contribution in [0.3, 0.4) is 0 Å². The molecule has 0 aliphatic heterocycles. The van der Waals surface area contributed by atoms with E-state index in [1.54, 1.807) is 0 Å². The van der Waals surface area contributed by atoms with E-state index in [-0.39, 0.29) is 0 Å². The monoisotopic (exact) mass is 405 g/mol. The third-order valence-corrected chi connectivity index (χ3v) is 5.28. The van der Waals surface area contributed by atoms with Gasteiger partial charge in [0.05, 0.1) is 11.2 Å². The Morgan fingerprint density at radius 2 is 1.58 bits per heavy atom. The van der Waals surface area contributed by atoms with Crippen LogP contribution in [-0.2, 0) is 6.54 Å². The molecule has 1 N–H and O–H groups in total. The first-order chi connectivity index (χ1) is 15.4. The molecule has 152 valence electrons. The predicted octanol–water partition coefficient (Wildman–Crippen LogP) is 5.66. The summed E-state index contributed by atoms with van der Waals surface area (Å²) in [6, 6.07) is 26.5. The number of nitrogens with one attached hydrogen (secondary N) is 1. The number of benzene rings is 2. The molecule has 3 aromatic heterocycles. The molecule has 0 fully saturated rings. The van der Waals surface area contributed by atoms with Crippen molar-refractivity contribution in [1.82, 2.24) is 19.7 Å². The SMILES string of the molecule is c1ccc(NCCCn2cc(-c3ccnc4ccccc34)c(-c3ccccn3)n2)cc1. The van der Waals surface area contributed by atoms with Crippen LogP contribution in [0.15, 0.2) is 97.5 Å². The van der Waals surface area contributed by atoms with Gasteiger partial charge in [0.25, 0.3) is 0 Å². The molecule has 0 saturated carbocycles. The summed E-state index contributed by atoms with van der Waals surface area (Å²) >= 11 is 0. The Kier molecular flexibility index (Phi) is 5.39. The fraction of sp³-hybridized carbons (Fsp3) is 0.115. The summed E-state index contributed by atoms with van der Waals surface area (Å²) in [5.74, 6) is 0. The second kappa shape index (κ2) is 8.79. The molecule has 2 aromatic carbocycles. The lowest BCUT2D eigenvalue weighted by Gasteiger charge is -2.06. The smallest absolute Gasteiger partial charge is 0.119 e. The lowest BCUT2D eigenvalue weighted by Crippen LogP contribution is -2.07. The summed E-state index contributed by atoms with van der Waals surface area (Å²) in [6.45, 7) is 1.71. The Labute approximate surface area is 181 Å². The normalized spacial score (nSPS) is 11.0. The van der Waals surface area contributed by atoms with E-state index in [2.05, 4.69) is 45.7 Å². The fourth-order valence-electron chi connectivity index (χ4n) is 3.79. The predicted molar refractivity (Wildman–Crippen MR) is 126 cm³/mol. The second-order valence-corrected chi connectivity index (χ2v) is 7.39. The van der Waals surface area contributed by atoms with Gasteiger partial charge >= 0.3 is 0 Å². The maximum Gasteiger partial charge on any atom is 0.119 e. The highest BCUT2D eigenvalue weighted by Crippen LogP contribution is 2.34. The molecular formula is C26H23N5. The first-order valence-corrected chi connectivity index (χ1v) is 10.5. The molecule has 0 unspecified atom stereocenters. The number of nitrogens with zero attached hydrogens (tertiary/aromatic N) is 4. The van der Waals surface area contributed by atoms with Crippen molar-refractivity contribution in [3.05, 3.63) is 97.5 Å². The standard InChI is InChI=1S/C26H23N5/c1-2-9-20(10-3-1)27-16-8-18-31-19-23(26(30-31)25-13-6-7-15-28-25)21-14-17-29-24-12-5-4-11-22(21)24/h1-7,9-15,17,19,27H,8,16,18H2. The van der Waals surface area contributed by atoms with Gasteiger partial charge in [-0.05, 0) is 48.4 Å². The van der Waals surface area contributed by atoms with E-state index >= 15 is 0 Å². The van der Waals surface area contributed by atoms with Gasteiger partial charge in [0.1, 0.15) is 5.69 Å².